The lowest BCUT2D eigenvalue weighted by atomic mass is 9.90. The molecule has 2 aliphatic carbocycles. The lowest BCUT2D eigenvalue weighted by molar-refractivity contribution is -0.138. The van der Waals surface area contributed by atoms with Gasteiger partial charge in [-0.3, -0.25) is 4.79 Å². The number of aromatic nitrogens is 4. The van der Waals surface area contributed by atoms with Gasteiger partial charge in [0.05, 0.1) is 19.2 Å². The van der Waals surface area contributed by atoms with E-state index in [4.69, 9.17) is 42.6 Å². The van der Waals surface area contributed by atoms with E-state index in [2.05, 4.69) is 63.9 Å². The van der Waals surface area contributed by atoms with Crippen LogP contribution in [0.2, 0.25) is 10.3 Å². The van der Waals surface area contributed by atoms with Crippen LogP contribution in [0.1, 0.15) is 62.8 Å². The van der Waals surface area contributed by atoms with Gasteiger partial charge in [-0.25, -0.2) is 14.8 Å². The van der Waals surface area contributed by atoms with Gasteiger partial charge in [-0.2, -0.15) is 0 Å². The number of piperidine rings is 2. The number of nitrogens with zero attached hydrogens (tertiary/aromatic N) is 3. The third-order valence-corrected chi connectivity index (χ3v) is 12.5. The molecule has 3 aliphatic heterocycles. The average molecular weight is 731 g/mol. The maximum Gasteiger partial charge on any atom is 0.407 e. The molecule has 13 heteroatoms. The van der Waals surface area contributed by atoms with Crippen LogP contribution in [0.15, 0.2) is 48.5 Å². The van der Waals surface area contributed by atoms with Crippen molar-refractivity contribution in [2.75, 3.05) is 20.3 Å². The number of aromatic amines is 2. The van der Waals surface area contributed by atoms with Crippen LogP contribution in [-0.4, -0.2) is 75.3 Å². The van der Waals surface area contributed by atoms with Gasteiger partial charge in [0, 0.05) is 36.4 Å². The van der Waals surface area contributed by atoms with Gasteiger partial charge in [0.15, 0.2) is 0 Å². The van der Waals surface area contributed by atoms with Gasteiger partial charge in [0.2, 0.25) is 5.91 Å². The molecule has 2 saturated carbocycles. The Morgan fingerprint density at radius 1 is 0.882 bits per heavy atom. The first-order valence-corrected chi connectivity index (χ1v) is 18.8. The standard InChI is InChI=1S/C38H41Cl2N7O4/c1-18-25-17-28(47(32(18)25)37(48)31(44-38(49)50-2)23-11-13-51-14-12-23)36-43-30(34(40)46-36)22-9-5-20(6-10-22)19-3-7-21(8-4-19)29-33(39)45-35(42-29)27-16-24-15-26(24)41-27/h3-10,18,23-28,31-32,41H,11-17H2,1-2H3,(H,42,45)(H,43,46)(H,44,49)/t18-,24-,25+,26-,27+,28+,31+,32-/m1/s1. The minimum Gasteiger partial charge on any atom is -0.453 e. The van der Waals surface area contributed by atoms with E-state index in [1.54, 1.807) is 0 Å². The number of fused-ring (bicyclic) bond motifs is 2. The summed E-state index contributed by atoms with van der Waals surface area (Å²) >= 11 is 13.4. The Bertz CT molecular complexity index is 1950. The van der Waals surface area contributed by atoms with Crippen molar-refractivity contribution >= 4 is 35.2 Å². The van der Waals surface area contributed by atoms with Crippen LogP contribution in [-0.2, 0) is 14.3 Å². The molecule has 5 fully saturated rings. The van der Waals surface area contributed by atoms with Crippen molar-refractivity contribution in [2.45, 2.75) is 69.2 Å². The lowest BCUT2D eigenvalue weighted by Crippen LogP contribution is -2.54. The predicted octanol–water partition coefficient (Wildman–Crippen LogP) is 6.92. The van der Waals surface area contributed by atoms with Crippen molar-refractivity contribution < 1.29 is 19.1 Å². The fraction of sp³-hybridized carbons (Fsp3) is 0.474. The Kier molecular flexibility index (Phi) is 8.37. The number of benzene rings is 2. The van der Waals surface area contributed by atoms with Gasteiger partial charge in [-0.1, -0.05) is 78.7 Å². The quantitative estimate of drug-likeness (QED) is 0.155. The molecule has 5 aliphatic rings. The molecule has 3 saturated heterocycles. The van der Waals surface area contributed by atoms with E-state index in [1.807, 2.05) is 17.0 Å². The molecule has 0 unspecified atom stereocenters. The average Bonchev–Trinajstić information content (AvgIpc) is 3.65. The van der Waals surface area contributed by atoms with E-state index in [9.17, 15) is 9.59 Å². The number of rotatable bonds is 8. The minimum atomic E-state index is -0.699. The smallest absolute Gasteiger partial charge is 0.407 e. The first kappa shape index (κ1) is 33.0. The highest BCUT2D eigenvalue weighted by molar-refractivity contribution is 6.32. The number of H-pyrrole nitrogens is 2. The zero-order valence-electron chi connectivity index (χ0n) is 28.5. The Hall–Kier alpha value is -3.90. The molecule has 0 bridgehead atoms. The van der Waals surface area contributed by atoms with Crippen LogP contribution < -0.4 is 10.6 Å². The van der Waals surface area contributed by atoms with Gasteiger partial charge in [0.25, 0.3) is 0 Å². The number of amides is 2. The fourth-order valence-corrected chi connectivity index (χ4v) is 9.35. The van der Waals surface area contributed by atoms with E-state index in [0.29, 0.717) is 65.8 Å². The SMILES string of the molecule is COC(=O)N[C@H](C(=O)N1[C@@H]2[C@H](C)[C@@H]2C[C@H]1c1nc(-c2ccc(-c3ccc(-c4nc([C@@H]5C[C@H]6C[C@H]6N5)[nH]c4Cl)cc3)cc2)c(Cl)[nH]1)C1CCOCC1. The van der Waals surface area contributed by atoms with Crippen LogP contribution in [0.5, 0.6) is 0 Å². The summed E-state index contributed by atoms with van der Waals surface area (Å²) in [5.74, 6) is 2.98. The molecule has 51 heavy (non-hydrogen) atoms. The molecule has 2 aromatic heterocycles. The van der Waals surface area contributed by atoms with Gasteiger partial charge in [-0.05, 0) is 66.9 Å². The van der Waals surface area contributed by atoms with E-state index in [0.717, 1.165) is 52.5 Å². The molecule has 266 valence electrons. The second kappa shape index (κ2) is 12.9. The van der Waals surface area contributed by atoms with Crippen LogP contribution in [0.4, 0.5) is 4.79 Å². The molecule has 4 aromatic rings. The number of halogens is 2. The zero-order chi connectivity index (χ0) is 35.0. The third kappa shape index (κ3) is 6.01. The fourth-order valence-electron chi connectivity index (χ4n) is 8.85. The van der Waals surface area contributed by atoms with E-state index < -0.39 is 12.1 Å². The molecular formula is C38H41Cl2N7O4. The maximum atomic E-state index is 14.3. The largest absolute Gasteiger partial charge is 0.453 e. The Labute approximate surface area is 306 Å². The van der Waals surface area contributed by atoms with Gasteiger partial charge in [-0.15, -0.1) is 0 Å². The van der Waals surface area contributed by atoms with E-state index in [1.165, 1.54) is 13.5 Å². The van der Waals surface area contributed by atoms with Crippen molar-refractivity contribution in [2.24, 2.45) is 23.7 Å². The van der Waals surface area contributed by atoms with Crippen LogP contribution >= 0.6 is 23.2 Å². The molecule has 0 radical (unpaired) electrons. The molecule has 2 amide bonds. The Balaban J connectivity index is 0.920. The normalized spacial score (nSPS) is 28.6. The first-order chi connectivity index (χ1) is 24.8. The monoisotopic (exact) mass is 729 g/mol. The van der Waals surface area contributed by atoms with Gasteiger partial charge >= 0.3 is 6.09 Å². The summed E-state index contributed by atoms with van der Waals surface area (Å²) in [4.78, 5) is 45.0. The number of carbonyl (C=O) groups is 2. The summed E-state index contributed by atoms with van der Waals surface area (Å²) in [7, 11) is 1.32. The Morgan fingerprint density at radius 2 is 1.47 bits per heavy atom. The van der Waals surface area contributed by atoms with E-state index in [-0.39, 0.29) is 30.0 Å². The number of methoxy groups -OCH3 is 1. The minimum absolute atomic E-state index is 0.0370. The highest BCUT2D eigenvalue weighted by Gasteiger charge is 2.62. The highest BCUT2D eigenvalue weighted by Crippen LogP contribution is 2.58. The van der Waals surface area contributed by atoms with Crippen molar-refractivity contribution in [3.8, 4) is 33.6 Å². The molecule has 11 nitrogen and oxygen atoms in total. The summed E-state index contributed by atoms with van der Waals surface area (Å²) in [5.41, 5.74) is 5.37. The summed E-state index contributed by atoms with van der Waals surface area (Å²) in [6.45, 7) is 3.30. The van der Waals surface area contributed by atoms with Crippen LogP contribution in [0.3, 0.4) is 0 Å². The molecular weight excluding hydrogens is 689 g/mol. The number of hydrogen-bond acceptors (Lipinski definition) is 7. The summed E-state index contributed by atoms with van der Waals surface area (Å²) in [5, 5.41) is 7.47. The van der Waals surface area contributed by atoms with Crippen molar-refractivity contribution in [3.63, 3.8) is 0 Å². The maximum absolute atomic E-state index is 14.3. The molecule has 2 aromatic carbocycles. The number of likely N-dealkylation sites (tertiary alicyclic amines) is 1. The van der Waals surface area contributed by atoms with Gasteiger partial charge in [0.1, 0.15) is 39.4 Å². The summed E-state index contributed by atoms with van der Waals surface area (Å²) in [6.07, 6.45) is 3.95. The number of alkyl carbamates (subject to hydrolysis) is 1. The third-order valence-electron chi connectivity index (χ3n) is 11.9. The second-order valence-corrected chi connectivity index (χ2v) is 15.6. The number of imidazole rings is 2. The predicted molar refractivity (Wildman–Crippen MR) is 193 cm³/mol. The molecule has 0 spiro atoms. The zero-order valence-corrected chi connectivity index (χ0v) is 30.0. The number of carbonyl (C=O) groups excluding carboxylic acids is 2. The van der Waals surface area contributed by atoms with Crippen molar-refractivity contribution in [1.82, 2.24) is 35.5 Å². The topological polar surface area (TPSA) is 137 Å². The van der Waals surface area contributed by atoms with Crippen LogP contribution in [0.25, 0.3) is 33.6 Å². The molecule has 8 atom stereocenters. The summed E-state index contributed by atoms with van der Waals surface area (Å²) < 4.78 is 10.5. The first-order valence-electron chi connectivity index (χ1n) is 18.0. The Morgan fingerprint density at radius 3 is 2.06 bits per heavy atom. The molecule has 5 heterocycles. The molecule has 4 N–H and O–H groups in total. The van der Waals surface area contributed by atoms with Crippen molar-refractivity contribution in [1.29, 1.82) is 0 Å². The second-order valence-electron chi connectivity index (χ2n) is 14.9. The highest BCUT2D eigenvalue weighted by atomic mass is 35.5. The van der Waals surface area contributed by atoms with Gasteiger partial charge < -0.3 is 35.0 Å². The number of nitrogens with one attached hydrogen (secondary N) is 4. The van der Waals surface area contributed by atoms with Crippen molar-refractivity contribution in [3.05, 3.63) is 70.5 Å². The number of hydrogen-bond donors (Lipinski definition) is 4. The number of ether oxygens (including phenoxy) is 2. The molecule has 9 rings (SSSR count). The van der Waals surface area contributed by atoms with Crippen LogP contribution in [0, 0.1) is 23.7 Å². The van der Waals surface area contributed by atoms with E-state index >= 15 is 0 Å². The summed E-state index contributed by atoms with van der Waals surface area (Å²) in [6, 6.07) is 16.4. The lowest BCUT2D eigenvalue weighted by Gasteiger charge is -2.35.